The van der Waals surface area contributed by atoms with Gasteiger partial charge in [0.1, 0.15) is 0 Å². The summed E-state index contributed by atoms with van der Waals surface area (Å²) in [6.07, 6.45) is 1.19. The molecule has 104 valence electrons. The van der Waals surface area contributed by atoms with E-state index in [9.17, 15) is 15.0 Å². The number of unbranched alkanes of at least 4 members (excludes halogenated alkanes) is 1. The minimum atomic E-state index is -1.58. The third kappa shape index (κ3) is 2.38. The fourth-order valence-electron chi connectivity index (χ4n) is 2.67. The highest BCUT2D eigenvalue weighted by Crippen LogP contribution is 2.42. The molecule has 1 aliphatic rings. The SMILES string of the molecule is CCCCN1C(=O)[C@@](O)(C[C@H](C)O)c2ccccc21. The lowest BCUT2D eigenvalue weighted by Gasteiger charge is -2.24. The Morgan fingerprint density at radius 3 is 2.68 bits per heavy atom. The van der Waals surface area contributed by atoms with Crippen molar-refractivity contribution in [1.82, 2.24) is 0 Å². The van der Waals surface area contributed by atoms with Gasteiger partial charge in [-0.25, -0.2) is 0 Å². The number of aliphatic hydroxyl groups is 2. The third-order valence-corrected chi connectivity index (χ3v) is 3.57. The maximum atomic E-state index is 12.5. The molecule has 2 rings (SSSR count). The Balaban J connectivity index is 2.40. The zero-order chi connectivity index (χ0) is 14.0. The minimum absolute atomic E-state index is 0.0332. The quantitative estimate of drug-likeness (QED) is 0.851. The van der Waals surface area contributed by atoms with Crippen molar-refractivity contribution >= 4 is 11.6 Å². The number of carbonyl (C=O) groups is 1. The van der Waals surface area contributed by atoms with Crippen LogP contribution in [-0.4, -0.2) is 28.8 Å². The first-order chi connectivity index (χ1) is 9.00. The van der Waals surface area contributed by atoms with Crippen LogP contribution in [0, 0.1) is 0 Å². The first kappa shape index (κ1) is 14.0. The van der Waals surface area contributed by atoms with Gasteiger partial charge in [0.15, 0.2) is 5.60 Å². The Bertz CT molecular complexity index is 472. The van der Waals surface area contributed by atoms with Crippen LogP contribution in [-0.2, 0) is 10.4 Å². The highest BCUT2D eigenvalue weighted by atomic mass is 16.3. The van der Waals surface area contributed by atoms with Crippen LogP contribution in [0.5, 0.6) is 0 Å². The van der Waals surface area contributed by atoms with Gasteiger partial charge in [-0.15, -0.1) is 0 Å². The summed E-state index contributed by atoms with van der Waals surface area (Å²) < 4.78 is 0. The third-order valence-electron chi connectivity index (χ3n) is 3.57. The van der Waals surface area contributed by atoms with Crippen molar-refractivity contribution in [1.29, 1.82) is 0 Å². The van der Waals surface area contributed by atoms with Crippen molar-refractivity contribution in [3.8, 4) is 0 Å². The second kappa shape index (κ2) is 5.31. The Kier molecular flexibility index (Phi) is 3.92. The summed E-state index contributed by atoms with van der Waals surface area (Å²) in [6.45, 7) is 4.26. The molecule has 19 heavy (non-hydrogen) atoms. The lowest BCUT2D eigenvalue weighted by molar-refractivity contribution is -0.139. The van der Waals surface area contributed by atoms with E-state index in [0.717, 1.165) is 18.5 Å². The van der Waals surface area contributed by atoms with Crippen LogP contribution in [0.15, 0.2) is 24.3 Å². The number of anilines is 1. The average Bonchev–Trinajstić information content (AvgIpc) is 2.57. The van der Waals surface area contributed by atoms with Gasteiger partial charge in [-0.05, 0) is 19.4 Å². The maximum absolute atomic E-state index is 12.5. The molecule has 0 saturated carbocycles. The van der Waals surface area contributed by atoms with E-state index in [1.165, 1.54) is 0 Å². The van der Waals surface area contributed by atoms with Gasteiger partial charge in [0, 0.05) is 18.5 Å². The number of aliphatic hydroxyl groups excluding tert-OH is 1. The number of carbonyl (C=O) groups excluding carboxylic acids is 1. The van der Waals surface area contributed by atoms with Crippen molar-refractivity contribution in [3.63, 3.8) is 0 Å². The number of hydrogen-bond donors (Lipinski definition) is 2. The number of hydrogen-bond acceptors (Lipinski definition) is 3. The Labute approximate surface area is 113 Å². The molecule has 1 heterocycles. The maximum Gasteiger partial charge on any atom is 0.263 e. The lowest BCUT2D eigenvalue weighted by Crippen LogP contribution is -2.42. The van der Waals surface area contributed by atoms with Crippen LogP contribution in [0.25, 0.3) is 0 Å². The molecule has 2 N–H and O–H groups in total. The summed E-state index contributed by atoms with van der Waals surface area (Å²) >= 11 is 0. The smallest absolute Gasteiger partial charge is 0.263 e. The van der Waals surface area contributed by atoms with E-state index in [1.54, 1.807) is 17.9 Å². The topological polar surface area (TPSA) is 60.8 Å². The van der Waals surface area contributed by atoms with E-state index in [4.69, 9.17) is 0 Å². The molecular formula is C15H21NO3. The number of fused-ring (bicyclic) bond motifs is 1. The first-order valence-corrected chi connectivity index (χ1v) is 6.82. The summed E-state index contributed by atoms with van der Waals surface area (Å²) in [5, 5.41) is 20.3. The molecule has 2 atom stereocenters. The van der Waals surface area contributed by atoms with Crippen LogP contribution in [0.3, 0.4) is 0 Å². The highest BCUT2D eigenvalue weighted by Gasteiger charge is 2.49. The second-order valence-electron chi connectivity index (χ2n) is 5.24. The normalized spacial score (nSPS) is 23.6. The van der Waals surface area contributed by atoms with Gasteiger partial charge in [-0.2, -0.15) is 0 Å². The Morgan fingerprint density at radius 2 is 2.05 bits per heavy atom. The van der Waals surface area contributed by atoms with E-state index in [1.807, 2.05) is 18.2 Å². The van der Waals surface area contributed by atoms with Crippen LogP contribution in [0.2, 0.25) is 0 Å². The van der Waals surface area contributed by atoms with Crippen molar-refractivity contribution < 1.29 is 15.0 Å². The summed E-state index contributed by atoms with van der Waals surface area (Å²) in [5.74, 6) is -0.317. The number of rotatable bonds is 5. The molecule has 0 spiro atoms. The zero-order valence-corrected chi connectivity index (χ0v) is 11.5. The van der Waals surface area contributed by atoms with Gasteiger partial charge in [-0.3, -0.25) is 4.79 Å². The molecule has 1 aliphatic heterocycles. The van der Waals surface area contributed by atoms with Gasteiger partial charge < -0.3 is 15.1 Å². The van der Waals surface area contributed by atoms with Crippen molar-refractivity contribution in [2.75, 3.05) is 11.4 Å². The van der Waals surface area contributed by atoms with E-state index >= 15 is 0 Å². The van der Waals surface area contributed by atoms with Crippen molar-refractivity contribution in [3.05, 3.63) is 29.8 Å². The number of amides is 1. The van der Waals surface area contributed by atoms with Gasteiger partial charge in [0.2, 0.25) is 0 Å². The van der Waals surface area contributed by atoms with Crippen LogP contribution < -0.4 is 4.90 Å². The molecule has 1 aromatic carbocycles. The molecule has 0 aliphatic carbocycles. The minimum Gasteiger partial charge on any atom is -0.393 e. The fourth-order valence-corrected chi connectivity index (χ4v) is 2.67. The van der Waals surface area contributed by atoms with E-state index in [-0.39, 0.29) is 12.3 Å². The summed E-state index contributed by atoms with van der Waals surface area (Å²) in [5.41, 5.74) is -0.209. The van der Waals surface area contributed by atoms with Gasteiger partial charge in [0.05, 0.1) is 11.8 Å². The molecule has 4 heteroatoms. The highest BCUT2D eigenvalue weighted by molar-refractivity contribution is 6.06. The molecule has 0 radical (unpaired) electrons. The van der Waals surface area contributed by atoms with E-state index in [2.05, 4.69) is 6.92 Å². The largest absolute Gasteiger partial charge is 0.393 e. The van der Waals surface area contributed by atoms with Crippen molar-refractivity contribution in [2.45, 2.75) is 44.8 Å². The van der Waals surface area contributed by atoms with Crippen LogP contribution in [0.1, 0.15) is 38.7 Å². The summed E-state index contributed by atoms with van der Waals surface area (Å²) in [6, 6.07) is 7.28. The molecule has 4 nitrogen and oxygen atoms in total. The lowest BCUT2D eigenvalue weighted by atomic mass is 9.90. The van der Waals surface area contributed by atoms with Crippen LogP contribution >= 0.6 is 0 Å². The fraction of sp³-hybridized carbons (Fsp3) is 0.533. The molecule has 1 aromatic rings. The number of para-hydroxylation sites is 1. The summed E-state index contributed by atoms with van der Waals surface area (Å²) in [7, 11) is 0. The summed E-state index contributed by atoms with van der Waals surface area (Å²) in [4.78, 5) is 14.1. The molecule has 0 unspecified atom stereocenters. The molecular weight excluding hydrogens is 242 g/mol. The zero-order valence-electron chi connectivity index (χ0n) is 11.5. The molecule has 0 saturated heterocycles. The molecule has 0 aromatic heterocycles. The van der Waals surface area contributed by atoms with Crippen molar-refractivity contribution in [2.24, 2.45) is 0 Å². The van der Waals surface area contributed by atoms with Gasteiger partial charge >= 0.3 is 0 Å². The number of benzene rings is 1. The first-order valence-electron chi connectivity index (χ1n) is 6.82. The average molecular weight is 263 g/mol. The Morgan fingerprint density at radius 1 is 1.37 bits per heavy atom. The Hall–Kier alpha value is -1.39. The second-order valence-corrected chi connectivity index (χ2v) is 5.24. The van der Waals surface area contributed by atoms with Gasteiger partial charge in [0.25, 0.3) is 5.91 Å². The van der Waals surface area contributed by atoms with E-state index in [0.29, 0.717) is 12.1 Å². The monoisotopic (exact) mass is 263 g/mol. The molecule has 0 fully saturated rings. The molecule has 1 amide bonds. The van der Waals surface area contributed by atoms with E-state index < -0.39 is 11.7 Å². The number of nitrogens with zero attached hydrogens (tertiary/aromatic N) is 1. The van der Waals surface area contributed by atoms with Gasteiger partial charge in [-0.1, -0.05) is 31.5 Å². The standard InChI is InChI=1S/C15H21NO3/c1-3-4-9-16-13-8-6-5-7-12(13)15(19,14(16)18)10-11(2)17/h5-8,11,17,19H,3-4,9-10H2,1-2H3/t11-,15+/m0/s1. The molecule has 0 bridgehead atoms. The predicted molar refractivity (Wildman–Crippen MR) is 73.9 cm³/mol. The predicted octanol–water partition coefficient (Wildman–Crippen LogP) is 1.79. The van der Waals surface area contributed by atoms with Crippen LogP contribution in [0.4, 0.5) is 5.69 Å².